The molecule has 0 atom stereocenters. The van der Waals surface area contributed by atoms with Gasteiger partial charge in [0, 0.05) is 32.7 Å². The SMILES string of the molecule is C=CCNC(=O)N1CCN(CCC)CC1. The second kappa shape index (κ2) is 6.45. The van der Waals surface area contributed by atoms with Gasteiger partial charge in [0.1, 0.15) is 0 Å². The van der Waals surface area contributed by atoms with Gasteiger partial charge in [0.05, 0.1) is 0 Å². The third kappa shape index (κ3) is 3.91. The summed E-state index contributed by atoms with van der Waals surface area (Å²) in [5.74, 6) is 0. The van der Waals surface area contributed by atoms with E-state index in [0.29, 0.717) is 6.54 Å². The standard InChI is InChI=1S/C11H21N3O/c1-3-5-12-11(15)14-9-7-13(6-4-2)8-10-14/h3H,1,4-10H2,2H3,(H,12,15). The summed E-state index contributed by atoms with van der Waals surface area (Å²) >= 11 is 0. The van der Waals surface area contributed by atoms with Crippen LogP contribution in [0.25, 0.3) is 0 Å². The zero-order valence-electron chi connectivity index (χ0n) is 9.54. The first-order valence-corrected chi connectivity index (χ1v) is 5.64. The number of amides is 2. The van der Waals surface area contributed by atoms with Crippen LogP contribution < -0.4 is 5.32 Å². The summed E-state index contributed by atoms with van der Waals surface area (Å²) in [4.78, 5) is 15.8. The lowest BCUT2D eigenvalue weighted by Gasteiger charge is -2.34. The molecule has 0 aliphatic carbocycles. The quantitative estimate of drug-likeness (QED) is 0.702. The summed E-state index contributed by atoms with van der Waals surface area (Å²) in [6, 6.07) is 0.0334. The van der Waals surface area contributed by atoms with Crippen LogP contribution in [0.4, 0.5) is 4.79 Å². The number of nitrogens with zero attached hydrogens (tertiary/aromatic N) is 2. The fraction of sp³-hybridized carbons (Fsp3) is 0.727. The topological polar surface area (TPSA) is 35.6 Å². The average molecular weight is 211 g/mol. The van der Waals surface area contributed by atoms with Gasteiger partial charge < -0.3 is 10.2 Å². The van der Waals surface area contributed by atoms with Crippen molar-refractivity contribution in [1.82, 2.24) is 15.1 Å². The summed E-state index contributed by atoms with van der Waals surface area (Å²) in [6.07, 6.45) is 2.88. The van der Waals surface area contributed by atoms with Crippen molar-refractivity contribution in [1.29, 1.82) is 0 Å². The van der Waals surface area contributed by atoms with Crippen molar-refractivity contribution in [2.75, 3.05) is 39.3 Å². The molecular formula is C11H21N3O. The van der Waals surface area contributed by atoms with E-state index in [0.717, 1.165) is 32.7 Å². The molecule has 1 rings (SSSR count). The van der Waals surface area contributed by atoms with Crippen LogP contribution in [0, 0.1) is 0 Å². The number of rotatable bonds is 4. The van der Waals surface area contributed by atoms with Crippen LogP contribution >= 0.6 is 0 Å². The van der Waals surface area contributed by atoms with Gasteiger partial charge in [-0.25, -0.2) is 4.79 Å². The fourth-order valence-electron chi connectivity index (χ4n) is 1.76. The molecule has 1 aliphatic rings. The summed E-state index contributed by atoms with van der Waals surface area (Å²) < 4.78 is 0. The van der Waals surface area contributed by atoms with Gasteiger partial charge in [-0.1, -0.05) is 13.0 Å². The zero-order chi connectivity index (χ0) is 11.1. The molecule has 0 aromatic carbocycles. The zero-order valence-corrected chi connectivity index (χ0v) is 9.54. The lowest BCUT2D eigenvalue weighted by Crippen LogP contribution is -2.51. The largest absolute Gasteiger partial charge is 0.335 e. The molecule has 1 heterocycles. The van der Waals surface area contributed by atoms with Crippen LogP contribution in [0.1, 0.15) is 13.3 Å². The monoisotopic (exact) mass is 211 g/mol. The van der Waals surface area contributed by atoms with Gasteiger partial charge in [-0.05, 0) is 13.0 Å². The number of piperazine rings is 1. The molecule has 0 saturated carbocycles. The highest BCUT2D eigenvalue weighted by Crippen LogP contribution is 2.02. The van der Waals surface area contributed by atoms with E-state index in [1.54, 1.807) is 6.08 Å². The number of urea groups is 1. The Balaban J connectivity index is 2.24. The highest BCUT2D eigenvalue weighted by Gasteiger charge is 2.19. The number of hydrogen-bond acceptors (Lipinski definition) is 2. The predicted octanol–water partition coefficient (Wildman–Crippen LogP) is 0.910. The van der Waals surface area contributed by atoms with Crippen molar-refractivity contribution in [3.63, 3.8) is 0 Å². The molecule has 1 N–H and O–H groups in total. The van der Waals surface area contributed by atoms with Crippen molar-refractivity contribution in [2.45, 2.75) is 13.3 Å². The molecule has 0 unspecified atom stereocenters. The molecule has 0 spiro atoms. The third-order valence-electron chi connectivity index (χ3n) is 2.60. The second-order valence-electron chi connectivity index (χ2n) is 3.80. The molecule has 2 amide bonds. The van der Waals surface area contributed by atoms with E-state index in [-0.39, 0.29) is 6.03 Å². The maximum atomic E-state index is 11.6. The van der Waals surface area contributed by atoms with Gasteiger partial charge in [-0.15, -0.1) is 6.58 Å². The van der Waals surface area contributed by atoms with Gasteiger partial charge in [-0.2, -0.15) is 0 Å². The van der Waals surface area contributed by atoms with Crippen molar-refractivity contribution in [2.24, 2.45) is 0 Å². The van der Waals surface area contributed by atoms with Crippen LogP contribution in [-0.2, 0) is 0 Å². The molecule has 1 fully saturated rings. The lowest BCUT2D eigenvalue weighted by atomic mass is 10.3. The molecule has 4 nitrogen and oxygen atoms in total. The Morgan fingerprint density at radius 2 is 2.07 bits per heavy atom. The molecule has 0 bridgehead atoms. The summed E-state index contributed by atoms with van der Waals surface area (Å²) in [6.45, 7) is 11.1. The van der Waals surface area contributed by atoms with Crippen LogP contribution in [-0.4, -0.2) is 55.1 Å². The van der Waals surface area contributed by atoms with Crippen molar-refractivity contribution >= 4 is 6.03 Å². The Morgan fingerprint density at radius 3 is 2.60 bits per heavy atom. The van der Waals surface area contributed by atoms with Crippen LogP contribution in [0.5, 0.6) is 0 Å². The van der Waals surface area contributed by atoms with Crippen molar-refractivity contribution in [3.8, 4) is 0 Å². The van der Waals surface area contributed by atoms with Gasteiger partial charge >= 0.3 is 6.03 Å². The average Bonchev–Trinajstić information content (AvgIpc) is 2.27. The van der Waals surface area contributed by atoms with Gasteiger partial charge in [0.15, 0.2) is 0 Å². The molecule has 1 aliphatic heterocycles. The molecule has 0 aromatic rings. The maximum Gasteiger partial charge on any atom is 0.317 e. The van der Waals surface area contributed by atoms with Gasteiger partial charge in [0.25, 0.3) is 0 Å². The third-order valence-corrected chi connectivity index (χ3v) is 2.60. The molecule has 0 aromatic heterocycles. The Labute approximate surface area is 91.9 Å². The molecule has 4 heteroatoms. The molecule has 86 valence electrons. The molecule has 15 heavy (non-hydrogen) atoms. The minimum Gasteiger partial charge on any atom is -0.335 e. The summed E-state index contributed by atoms with van der Waals surface area (Å²) in [5.41, 5.74) is 0. The van der Waals surface area contributed by atoms with E-state index in [4.69, 9.17) is 0 Å². The predicted molar refractivity (Wildman–Crippen MR) is 61.9 cm³/mol. The van der Waals surface area contributed by atoms with E-state index < -0.39 is 0 Å². The smallest absolute Gasteiger partial charge is 0.317 e. The molecule has 0 radical (unpaired) electrons. The Hall–Kier alpha value is -1.03. The Kier molecular flexibility index (Phi) is 5.18. The minimum atomic E-state index is 0.0334. The number of nitrogens with one attached hydrogen (secondary N) is 1. The molecule has 1 saturated heterocycles. The minimum absolute atomic E-state index is 0.0334. The van der Waals surface area contributed by atoms with Gasteiger partial charge in [-0.3, -0.25) is 4.90 Å². The first-order valence-electron chi connectivity index (χ1n) is 5.64. The first kappa shape index (κ1) is 12.0. The van der Waals surface area contributed by atoms with Crippen LogP contribution in [0.15, 0.2) is 12.7 Å². The Bertz CT molecular complexity index is 210. The van der Waals surface area contributed by atoms with E-state index in [2.05, 4.69) is 23.7 Å². The van der Waals surface area contributed by atoms with Gasteiger partial charge in [0.2, 0.25) is 0 Å². The fourth-order valence-corrected chi connectivity index (χ4v) is 1.76. The van der Waals surface area contributed by atoms with E-state index >= 15 is 0 Å². The highest BCUT2D eigenvalue weighted by molar-refractivity contribution is 5.74. The second-order valence-corrected chi connectivity index (χ2v) is 3.80. The molecular weight excluding hydrogens is 190 g/mol. The van der Waals surface area contributed by atoms with Crippen molar-refractivity contribution in [3.05, 3.63) is 12.7 Å². The summed E-state index contributed by atoms with van der Waals surface area (Å²) in [7, 11) is 0. The summed E-state index contributed by atoms with van der Waals surface area (Å²) in [5, 5.41) is 2.80. The number of carbonyl (C=O) groups is 1. The maximum absolute atomic E-state index is 11.6. The number of hydrogen-bond donors (Lipinski definition) is 1. The number of carbonyl (C=O) groups excluding carboxylic acids is 1. The van der Waals surface area contributed by atoms with Crippen molar-refractivity contribution < 1.29 is 4.79 Å². The first-order chi connectivity index (χ1) is 7.27. The highest BCUT2D eigenvalue weighted by atomic mass is 16.2. The van der Waals surface area contributed by atoms with E-state index in [1.165, 1.54) is 6.42 Å². The van der Waals surface area contributed by atoms with Crippen LogP contribution in [0.3, 0.4) is 0 Å². The van der Waals surface area contributed by atoms with E-state index in [1.807, 2.05) is 4.90 Å². The normalized spacial score (nSPS) is 17.5. The lowest BCUT2D eigenvalue weighted by molar-refractivity contribution is 0.140. The van der Waals surface area contributed by atoms with Crippen LogP contribution in [0.2, 0.25) is 0 Å². The van der Waals surface area contributed by atoms with E-state index in [9.17, 15) is 4.79 Å². The Morgan fingerprint density at radius 1 is 1.40 bits per heavy atom.